The number of nitrogens with one attached hydrogen (secondary N) is 1. The second-order valence-electron chi connectivity index (χ2n) is 7.41. The van der Waals surface area contributed by atoms with Crippen LogP contribution in [0.5, 0.6) is 0 Å². The van der Waals surface area contributed by atoms with Crippen molar-refractivity contribution in [3.8, 4) is 0 Å². The SMILES string of the molecule is CC1CCN(CCNS(=O)(=O)c2ccc(S(=O)(=O)N3CCOCC3)cc2)CC1. The average molecular weight is 432 g/mol. The number of ether oxygens (including phenoxy) is 1. The quantitative estimate of drug-likeness (QED) is 0.683. The number of benzene rings is 1. The molecule has 158 valence electrons. The predicted molar refractivity (Wildman–Crippen MR) is 106 cm³/mol. The van der Waals surface area contributed by atoms with Crippen molar-refractivity contribution < 1.29 is 21.6 Å². The van der Waals surface area contributed by atoms with Gasteiger partial charge in [-0.3, -0.25) is 0 Å². The molecule has 2 aliphatic rings. The van der Waals surface area contributed by atoms with Crippen molar-refractivity contribution in [3.63, 3.8) is 0 Å². The first-order chi connectivity index (χ1) is 13.3. The lowest BCUT2D eigenvalue weighted by Crippen LogP contribution is -2.40. The summed E-state index contributed by atoms with van der Waals surface area (Å²) in [6.45, 7) is 6.59. The van der Waals surface area contributed by atoms with Gasteiger partial charge in [-0.1, -0.05) is 6.92 Å². The van der Waals surface area contributed by atoms with Crippen molar-refractivity contribution in [1.29, 1.82) is 0 Å². The van der Waals surface area contributed by atoms with Crippen molar-refractivity contribution in [2.24, 2.45) is 5.92 Å². The smallest absolute Gasteiger partial charge is 0.243 e. The summed E-state index contributed by atoms with van der Waals surface area (Å²) < 4.78 is 59.4. The Hall–Kier alpha value is -1.04. The number of likely N-dealkylation sites (tertiary alicyclic amines) is 1. The van der Waals surface area contributed by atoms with Gasteiger partial charge in [0, 0.05) is 26.2 Å². The Morgan fingerprint density at radius 1 is 0.964 bits per heavy atom. The average Bonchev–Trinajstić information content (AvgIpc) is 2.70. The Morgan fingerprint density at radius 2 is 1.54 bits per heavy atom. The molecular formula is C18H29N3O5S2. The first-order valence-corrected chi connectivity index (χ1v) is 12.6. The van der Waals surface area contributed by atoms with Gasteiger partial charge in [-0.05, 0) is 56.1 Å². The van der Waals surface area contributed by atoms with E-state index in [1.54, 1.807) is 0 Å². The second-order valence-corrected chi connectivity index (χ2v) is 11.1. The van der Waals surface area contributed by atoms with Gasteiger partial charge in [-0.25, -0.2) is 21.6 Å². The maximum Gasteiger partial charge on any atom is 0.243 e. The Balaban J connectivity index is 1.58. The molecule has 2 heterocycles. The molecule has 2 aliphatic heterocycles. The number of sulfonamides is 2. The second kappa shape index (κ2) is 9.19. The third-order valence-corrected chi connectivity index (χ3v) is 8.73. The lowest BCUT2D eigenvalue weighted by atomic mass is 9.99. The van der Waals surface area contributed by atoms with Gasteiger partial charge in [0.2, 0.25) is 20.0 Å². The lowest BCUT2D eigenvalue weighted by Gasteiger charge is -2.30. The molecule has 0 aromatic heterocycles. The fraction of sp³-hybridized carbons (Fsp3) is 0.667. The number of morpholine rings is 1. The van der Waals surface area contributed by atoms with Crippen LogP contribution in [0.25, 0.3) is 0 Å². The van der Waals surface area contributed by atoms with Crippen LogP contribution in [-0.2, 0) is 24.8 Å². The highest BCUT2D eigenvalue weighted by Crippen LogP contribution is 2.19. The zero-order valence-electron chi connectivity index (χ0n) is 16.2. The van der Waals surface area contributed by atoms with Crippen LogP contribution >= 0.6 is 0 Å². The number of nitrogens with zero attached hydrogens (tertiary/aromatic N) is 2. The van der Waals surface area contributed by atoms with Crippen molar-refractivity contribution >= 4 is 20.0 Å². The van der Waals surface area contributed by atoms with Crippen molar-refractivity contribution in [2.75, 3.05) is 52.5 Å². The predicted octanol–water partition coefficient (Wildman–Crippen LogP) is 0.718. The molecule has 0 radical (unpaired) electrons. The molecule has 0 aliphatic carbocycles. The van der Waals surface area contributed by atoms with Gasteiger partial charge in [0.25, 0.3) is 0 Å². The fourth-order valence-corrected chi connectivity index (χ4v) is 5.86. The highest BCUT2D eigenvalue weighted by Gasteiger charge is 2.27. The van der Waals surface area contributed by atoms with E-state index in [2.05, 4.69) is 16.5 Å². The molecule has 28 heavy (non-hydrogen) atoms. The summed E-state index contributed by atoms with van der Waals surface area (Å²) >= 11 is 0. The molecular weight excluding hydrogens is 402 g/mol. The van der Waals surface area contributed by atoms with Crippen LogP contribution in [0.4, 0.5) is 0 Å². The Bertz CT molecular complexity index is 842. The van der Waals surface area contributed by atoms with Gasteiger partial charge in [0.05, 0.1) is 23.0 Å². The van der Waals surface area contributed by atoms with E-state index in [0.717, 1.165) is 31.8 Å². The first kappa shape index (κ1) is 21.7. The molecule has 0 unspecified atom stereocenters. The van der Waals surface area contributed by atoms with Gasteiger partial charge in [0.1, 0.15) is 0 Å². The van der Waals surface area contributed by atoms with Gasteiger partial charge >= 0.3 is 0 Å². The summed E-state index contributed by atoms with van der Waals surface area (Å²) in [4.78, 5) is 2.43. The molecule has 0 spiro atoms. The third kappa shape index (κ3) is 5.31. The van der Waals surface area contributed by atoms with Gasteiger partial charge in [-0.15, -0.1) is 0 Å². The van der Waals surface area contributed by atoms with Crippen LogP contribution in [0.15, 0.2) is 34.1 Å². The van der Waals surface area contributed by atoms with E-state index in [1.807, 2.05) is 0 Å². The van der Waals surface area contributed by atoms with Crippen LogP contribution < -0.4 is 4.72 Å². The number of hydrogen-bond acceptors (Lipinski definition) is 6. The number of rotatable bonds is 7. The van der Waals surface area contributed by atoms with Crippen LogP contribution in [0.3, 0.4) is 0 Å². The largest absolute Gasteiger partial charge is 0.379 e. The van der Waals surface area contributed by atoms with E-state index in [9.17, 15) is 16.8 Å². The first-order valence-electron chi connectivity index (χ1n) is 9.69. The zero-order chi connectivity index (χ0) is 20.2. The maximum absolute atomic E-state index is 12.6. The molecule has 1 N–H and O–H groups in total. The van der Waals surface area contributed by atoms with E-state index >= 15 is 0 Å². The van der Waals surface area contributed by atoms with E-state index in [1.165, 1.54) is 28.6 Å². The Kier molecular flexibility index (Phi) is 7.11. The van der Waals surface area contributed by atoms with E-state index in [-0.39, 0.29) is 9.79 Å². The highest BCUT2D eigenvalue weighted by molar-refractivity contribution is 7.89. The van der Waals surface area contributed by atoms with Crippen molar-refractivity contribution in [3.05, 3.63) is 24.3 Å². The van der Waals surface area contributed by atoms with E-state index in [0.29, 0.717) is 39.4 Å². The summed E-state index contributed by atoms with van der Waals surface area (Å²) in [5, 5.41) is 0. The summed E-state index contributed by atoms with van der Waals surface area (Å²) in [5.74, 6) is 0.736. The Morgan fingerprint density at radius 3 is 2.14 bits per heavy atom. The monoisotopic (exact) mass is 431 g/mol. The zero-order valence-corrected chi connectivity index (χ0v) is 17.8. The standard InChI is InChI=1S/C18H29N3O5S2/c1-16-6-9-20(10-7-16)11-8-19-27(22,23)17-2-4-18(5-3-17)28(24,25)21-12-14-26-15-13-21/h2-5,16,19H,6-15H2,1H3. The number of hydrogen-bond donors (Lipinski definition) is 1. The lowest BCUT2D eigenvalue weighted by molar-refractivity contribution is 0.0730. The third-order valence-electron chi connectivity index (χ3n) is 5.34. The van der Waals surface area contributed by atoms with Crippen LogP contribution in [-0.4, -0.2) is 78.5 Å². The van der Waals surface area contributed by atoms with Gasteiger partial charge < -0.3 is 9.64 Å². The molecule has 0 amide bonds. The normalized spacial score (nSPS) is 21.0. The van der Waals surface area contributed by atoms with Crippen LogP contribution in [0, 0.1) is 5.92 Å². The minimum atomic E-state index is -3.66. The highest BCUT2D eigenvalue weighted by atomic mass is 32.2. The van der Waals surface area contributed by atoms with Gasteiger partial charge in [-0.2, -0.15) is 4.31 Å². The summed E-state index contributed by atoms with van der Waals surface area (Å²) in [6, 6.07) is 5.40. The van der Waals surface area contributed by atoms with Crippen molar-refractivity contribution in [1.82, 2.24) is 13.9 Å². The minimum absolute atomic E-state index is 0.0701. The van der Waals surface area contributed by atoms with Crippen LogP contribution in [0.2, 0.25) is 0 Å². The van der Waals surface area contributed by atoms with Crippen molar-refractivity contribution in [2.45, 2.75) is 29.6 Å². The molecule has 0 saturated carbocycles. The minimum Gasteiger partial charge on any atom is -0.379 e. The summed E-state index contributed by atoms with van der Waals surface area (Å²) in [7, 11) is -7.29. The molecule has 3 rings (SSSR count). The summed E-state index contributed by atoms with van der Waals surface area (Å²) in [5.41, 5.74) is 0. The van der Waals surface area contributed by atoms with E-state index < -0.39 is 20.0 Å². The van der Waals surface area contributed by atoms with E-state index in [4.69, 9.17) is 4.74 Å². The molecule has 2 saturated heterocycles. The fourth-order valence-electron chi connectivity index (χ4n) is 3.43. The molecule has 0 bridgehead atoms. The molecule has 10 heteroatoms. The topological polar surface area (TPSA) is 96.0 Å². The molecule has 2 fully saturated rings. The summed E-state index contributed by atoms with van der Waals surface area (Å²) in [6.07, 6.45) is 2.29. The molecule has 0 atom stereocenters. The molecule has 8 nitrogen and oxygen atoms in total. The maximum atomic E-state index is 12.6. The molecule has 1 aromatic carbocycles. The Labute approximate surface area is 168 Å². The number of piperidine rings is 1. The van der Waals surface area contributed by atoms with Gasteiger partial charge in [0.15, 0.2) is 0 Å². The van der Waals surface area contributed by atoms with Crippen LogP contribution in [0.1, 0.15) is 19.8 Å². The molecule has 1 aromatic rings.